The molecule has 4 rings (SSSR count). The van der Waals surface area contributed by atoms with Crippen molar-refractivity contribution >= 4 is 0 Å². The molecule has 1 aliphatic heterocycles. The molecule has 0 aliphatic carbocycles. The highest BCUT2D eigenvalue weighted by molar-refractivity contribution is 5.49. The number of oxazole rings is 1. The number of piperidine rings is 1. The molecule has 136 valence electrons. The van der Waals surface area contributed by atoms with Crippen LogP contribution in [0.15, 0.2) is 45.7 Å². The van der Waals surface area contributed by atoms with E-state index >= 15 is 0 Å². The summed E-state index contributed by atoms with van der Waals surface area (Å²) in [6.07, 6.45) is 3.35. The third-order valence-corrected chi connectivity index (χ3v) is 4.79. The Hall–Kier alpha value is -2.51. The van der Waals surface area contributed by atoms with Gasteiger partial charge >= 0.3 is 0 Å². The van der Waals surface area contributed by atoms with E-state index in [9.17, 15) is 5.11 Å². The molecule has 3 heterocycles. The molecule has 3 aromatic rings. The van der Waals surface area contributed by atoms with E-state index in [0.717, 1.165) is 25.9 Å². The van der Waals surface area contributed by atoms with Crippen LogP contribution in [0.3, 0.4) is 0 Å². The van der Waals surface area contributed by atoms with E-state index in [1.807, 2.05) is 18.2 Å². The molecular formula is C19H22N4O3. The molecule has 0 bridgehead atoms. The van der Waals surface area contributed by atoms with Crippen molar-refractivity contribution in [2.75, 3.05) is 13.1 Å². The first-order valence-electron chi connectivity index (χ1n) is 8.83. The van der Waals surface area contributed by atoms with Crippen molar-refractivity contribution in [3.05, 3.63) is 53.9 Å². The predicted octanol–water partition coefficient (Wildman–Crippen LogP) is 2.60. The van der Waals surface area contributed by atoms with Gasteiger partial charge in [0.25, 0.3) is 0 Å². The van der Waals surface area contributed by atoms with Gasteiger partial charge in [-0.15, -0.1) is 0 Å². The molecule has 2 aromatic heterocycles. The molecule has 7 heteroatoms. The topological polar surface area (TPSA) is 88.4 Å². The number of β-amino-alcohol motifs (C(OH)–C–C–N with tert-alkyl or cyclic N) is 1. The maximum atomic E-state index is 11.1. The Labute approximate surface area is 151 Å². The highest BCUT2D eigenvalue weighted by atomic mass is 16.5. The van der Waals surface area contributed by atoms with Crippen molar-refractivity contribution in [1.29, 1.82) is 0 Å². The summed E-state index contributed by atoms with van der Waals surface area (Å²) >= 11 is 0. The number of hydrogen-bond donors (Lipinski definition) is 1. The first-order valence-corrected chi connectivity index (χ1v) is 8.83. The zero-order chi connectivity index (χ0) is 18.0. The quantitative estimate of drug-likeness (QED) is 0.753. The van der Waals surface area contributed by atoms with Crippen LogP contribution in [0, 0.1) is 6.92 Å². The Morgan fingerprint density at radius 2 is 2.12 bits per heavy atom. The van der Waals surface area contributed by atoms with E-state index in [1.165, 1.54) is 12.0 Å². The molecule has 0 spiro atoms. The van der Waals surface area contributed by atoms with Crippen molar-refractivity contribution < 1.29 is 14.0 Å². The molecule has 1 unspecified atom stereocenters. The standard InChI is InChI=1S/C19H22N4O3/c1-14-17(20-13-25-14)18-21-16(26-22-18)10-19(24)8-5-9-23(12-19)11-15-6-3-2-4-7-15/h2-4,6-7,13,24H,5,8-12H2,1H3. The molecule has 1 atom stereocenters. The van der Waals surface area contributed by atoms with Gasteiger partial charge in [-0.2, -0.15) is 4.98 Å². The van der Waals surface area contributed by atoms with Gasteiger partial charge in [0, 0.05) is 13.1 Å². The average Bonchev–Trinajstić information content (AvgIpc) is 3.24. The summed E-state index contributed by atoms with van der Waals surface area (Å²) in [6.45, 7) is 4.19. The Morgan fingerprint density at radius 1 is 1.27 bits per heavy atom. The second-order valence-corrected chi connectivity index (χ2v) is 6.97. The highest BCUT2D eigenvalue weighted by Gasteiger charge is 2.35. The zero-order valence-electron chi connectivity index (χ0n) is 14.8. The molecule has 0 radical (unpaired) electrons. The lowest BCUT2D eigenvalue weighted by atomic mass is 9.89. The Kier molecular flexibility index (Phi) is 4.57. The SMILES string of the molecule is Cc1ocnc1-c1noc(CC2(O)CCCN(Cc3ccccc3)C2)n1. The fourth-order valence-electron chi connectivity index (χ4n) is 3.55. The number of benzene rings is 1. The summed E-state index contributed by atoms with van der Waals surface area (Å²) in [5, 5.41) is 15.0. The number of aliphatic hydroxyl groups is 1. The van der Waals surface area contributed by atoms with Gasteiger partial charge < -0.3 is 14.0 Å². The lowest BCUT2D eigenvalue weighted by Gasteiger charge is -2.38. The number of aryl methyl sites for hydroxylation is 1. The van der Waals surface area contributed by atoms with E-state index < -0.39 is 5.60 Å². The zero-order valence-corrected chi connectivity index (χ0v) is 14.8. The first-order chi connectivity index (χ1) is 12.6. The fraction of sp³-hybridized carbons (Fsp3) is 0.421. The van der Waals surface area contributed by atoms with Crippen molar-refractivity contribution in [3.8, 4) is 11.5 Å². The average molecular weight is 354 g/mol. The number of aromatic nitrogens is 3. The number of hydrogen-bond acceptors (Lipinski definition) is 7. The molecular weight excluding hydrogens is 332 g/mol. The lowest BCUT2D eigenvalue weighted by Crippen LogP contribution is -2.49. The second kappa shape index (κ2) is 7.01. The maximum Gasteiger partial charge on any atom is 0.229 e. The molecule has 26 heavy (non-hydrogen) atoms. The van der Waals surface area contributed by atoms with Crippen LogP contribution in [0.25, 0.3) is 11.5 Å². The number of nitrogens with zero attached hydrogens (tertiary/aromatic N) is 4. The molecule has 1 N–H and O–H groups in total. The minimum Gasteiger partial charge on any atom is -0.448 e. The van der Waals surface area contributed by atoms with Crippen LogP contribution in [0.4, 0.5) is 0 Å². The van der Waals surface area contributed by atoms with Gasteiger partial charge in [0.2, 0.25) is 11.7 Å². The molecule has 0 amide bonds. The molecule has 1 saturated heterocycles. The molecule has 1 fully saturated rings. The van der Waals surface area contributed by atoms with Gasteiger partial charge in [0.1, 0.15) is 5.76 Å². The van der Waals surface area contributed by atoms with Crippen molar-refractivity contribution in [2.45, 2.75) is 38.3 Å². The summed E-state index contributed by atoms with van der Waals surface area (Å²) in [5.74, 6) is 1.46. The molecule has 1 aromatic carbocycles. The van der Waals surface area contributed by atoms with Gasteiger partial charge in [0.15, 0.2) is 12.1 Å². The number of likely N-dealkylation sites (tertiary alicyclic amines) is 1. The van der Waals surface area contributed by atoms with Gasteiger partial charge in [0.05, 0.1) is 12.0 Å². The maximum absolute atomic E-state index is 11.1. The van der Waals surface area contributed by atoms with Crippen molar-refractivity contribution in [2.24, 2.45) is 0 Å². The third-order valence-electron chi connectivity index (χ3n) is 4.79. The summed E-state index contributed by atoms with van der Waals surface area (Å²) in [5.41, 5.74) is 0.954. The predicted molar refractivity (Wildman–Crippen MR) is 94.1 cm³/mol. The minimum atomic E-state index is -0.865. The number of rotatable bonds is 5. The van der Waals surface area contributed by atoms with Gasteiger partial charge in [-0.3, -0.25) is 4.90 Å². The van der Waals surface area contributed by atoms with E-state index in [1.54, 1.807) is 6.92 Å². The van der Waals surface area contributed by atoms with Crippen LogP contribution < -0.4 is 0 Å². The summed E-state index contributed by atoms with van der Waals surface area (Å²) in [4.78, 5) is 10.8. The fourth-order valence-corrected chi connectivity index (χ4v) is 3.55. The third kappa shape index (κ3) is 3.68. The smallest absolute Gasteiger partial charge is 0.229 e. The van der Waals surface area contributed by atoms with Crippen LogP contribution >= 0.6 is 0 Å². The lowest BCUT2D eigenvalue weighted by molar-refractivity contribution is -0.0373. The Bertz CT molecular complexity index is 861. The van der Waals surface area contributed by atoms with Gasteiger partial charge in [-0.25, -0.2) is 4.98 Å². The van der Waals surface area contributed by atoms with Crippen LogP contribution in [0.2, 0.25) is 0 Å². The van der Waals surface area contributed by atoms with Gasteiger partial charge in [-0.05, 0) is 31.9 Å². The normalized spacial score (nSPS) is 21.2. The van der Waals surface area contributed by atoms with Crippen LogP contribution in [-0.2, 0) is 13.0 Å². The first kappa shape index (κ1) is 16.9. The largest absolute Gasteiger partial charge is 0.448 e. The van der Waals surface area contributed by atoms with E-state index in [-0.39, 0.29) is 0 Å². The summed E-state index contributed by atoms with van der Waals surface area (Å²) in [7, 11) is 0. The second-order valence-electron chi connectivity index (χ2n) is 6.97. The van der Waals surface area contributed by atoms with Crippen LogP contribution in [0.1, 0.15) is 30.1 Å². The molecule has 7 nitrogen and oxygen atoms in total. The molecule has 1 aliphatic rings. The summed E-state index contributed by atoms with van der Waals surface area (Å²) < 4.78 is 10.5. The van der Waals surface area contributed by atoms with Crippen molar-refractivity contribution in [3.63, 3.8) is 0 Å². The van der Waals surface area contributed by atoms with E-state index in [0.29, 0.717) is 36.1 Å². The van der Waals surface area contributed by atoms with Crippen LogP contribution in [0.5, 0.6) is 0 Å². The van der Waals surface area contributed by atoms with Gasteiger partial charge in [-0.1, -0.05) is 35.5 Å². The monoisotopic (exact) mass is 354 g/mol. The Morgan fingerprint density at radius 3 is 2.88 bits per heavy atom. The highest BCUT2D eigenvalue weighted by Crippen LogP contribution is 2.27. The Balaban J connectivity index is 1.44. The van der Waals surface area contributed by atoms with Crippen LogP contribution in [-0.4, -0.2) is 43.8 Å². The van der Waals surface area contributed by atoms with Crippen molar-refractivity contribution in [1.82, 2.24) is 20.0 Å². The van der Waals surface area contributed by atoms with E-state index in [2.05, 4.69) is 32.2 Å². The van der Waals surface area contributed by atoms with E-state index in [4.69, 9.17) is 8.94 Å². The minimum absolute atomic E-state index is 0.336. The molecule has 0 saturated carbocycles. The summed E-state index contributed by atoms with van der Waals surface area (Å²) in [6, 6.07) is 10.3.